The Morgan fingerprint density at radius 2 is 1.77 bits per heavy atom. The molecule has 1 fully saturated rings. The summed E-state index contributed by atoms with van der Waals surface area (Å²) in [5.41, 5.74) is 2.85. The van der Waals surface area contributed by atoms with Crippen LogP contribution in [-0.2, 0) is 11.2 Å². The average molecular weight is 484 g/mol. The minimum atomic E-state index is -0.0680. The van der Waals surface area contributed by atoms with Crippen LogP contribution in [0.2, 0.25) is 0 Å². The van der Waals surface area contributed by atoms with Crippen molar-refractivity contribution < 1.29 is 14.3 Å². The first-order valence-electron chi connectivity index (χ1n) is 11.2. The minimum absolute atomic E-state index is 0.0671. The van der Waals surface area contributed by atoms with Crippen LogP contribution in [0, 0.1) is 11.3 Å². The van der Waals surface area contributed by atoms with Gasteiger partial charge in [-0.25, -0.2) is 4.99 Å². The van der Waals surface area contributed by atoms with Crippen molar-refractivity contribution in [2.75, 3.05) is 20.3 Å². The number of nitrogens with zero attached hydrogens (tertiary/aromatic N) is 3. The highest BCUT2D eigenvalue weighted by Gasteiger charge is 2.33. The van der Waals surface area contributed by atoms with Crippen LogP contribution in [-0.4, -0.2) is 36.2 Å². The Balaban J connectivity index is 1.57. The van der Waals surface area contributed by atoms with Gasteiger partial charge in [0.05, 0.1) is 17.7 Å². The Hall–Kier alpha value is -4.02. The molecule has 3 aromatic carbocycles. The van der Waals surface area contributed by atoms with Crippen LogP contribution >= 0.6 is 11.8 Å². The first-order chi connectivity index (χ1) is 17.2. The zero-order valence-electron chi connectivity index (χ0n) is 19.4. The standard InChI is InChI=1S/C28H25N3O3S/c1-33-25-19-22(14-15-24(25)34-18-16-29)20-26-27(32)31(17-8-11-21-9-4-2-5-10-21)28(35-26)30-23-12-6-3-7-13-23/h2-7,9-10,12-15,19-20H,8,11,17-18H2,1H3/b26-20-,30-28?. The Labute approximate surface area is 209 Å². The van der Waals surface area contributed by atoms with Crippen LogP contribution < -0.4 is 9.47 Å². The number of aliphatic imine (C=N–C) groups is 1. The summed E-state index contributed by atoms with van der Waals surface area (Å²) in [4.78, 5) is 20.5. The summed E-state index contributed by atoms with van der Waals surface area (Å²) in [6.45, 7) is 0.510. The average Bonchev–Trinajstić information content (AvgIpc) is 3.18. The van der Waals surface area contributed by atoms with E-state index < -0.39 is 0 Å². The lowest BCUT2D eigenvalue weighted by Crippen LogP contribution is -2.30. The van der Waals surface area contributed by atoms with Crippen LogP contribution in [0.25, 0.3) is 6.08 Å². The molecule has 0 radical (unpaired) electrons. The van der Waals surface area contributed by atoms with Crippen LogP contribution in [0.3, 0.4) is 0 Å². The van der Waals surface area contributed by atoms with Crippen LogP contribution in [0.4, 0.5) is 5.69 Å². The maximum absolute atomic E-state index is 13.4. The third-order valence-electron chi connectivity index (χ3n) is 5.34. The van der Waals surface area contributed by atoms with Crippen molar-refractivity contribution in [3.63, 3.8) is 0 Å². The number of thioether (sulfide) groups is 1. The second-order valence-corrected chi connectivity index (χ2v) is 8.75. The van der Waals surface area contributed by atoms with Gasteiger partial charge >= 0.3 is 0 Å². The fourth-order valence-corrected chi connectivity index (χ4v) is 4.67. The Morgan fingerprint density at radius 1 is 1.03 bits per heavy atom. The number of methoxy groups -OCH3 is 1. The number of ether oxygens (including phenoxy) is 2. The molecule has 1 aliphatic rings. The third-order valence-corrected chi connectivity index (χ3v) is 6.34. The summed E-state index contributed by atoms with van der Waals surface area (Å²) < 4.78 is 10.8. The lowest BCUT2D eigenvalue weighted by Gasteiger charge is -2.15. The van der Waals surface area contributed by atoms with Crippen molar-refractivity contribution in [2.45, 2.75) is 12.8 Å². The van der Waals surface area contributed by atoms with E-state index in [1.807, 2.05) is 66.7 Å². The van der Waals surface area contributed by atoms with E-state index in [1.165, 1.54) is 17.3 Å². The van der Waals surface area contributed by atoms with Gasteiger partial charge < -0.3 is 9.47 Å². The molecule has 4 rings (SSSR count). The van der Waals surface area contributed by atoms with Crippen molar-refractivity contribution in [3.8, 4) is 17.6 Å². The minimum Gasteiger partial charge on any atom is -0.493 e. The van der Waals surface area contributed by atoms with E-state index in [0.29, 0.717) is 28.1 Å². The summed E-state index contributed by atoms with van der Waals surface area (Å²) in [6.07, 6.45) is 3.55. The smallest absolute Gasteiger partial charge is 0.266 e. The van der Waals surface area contributed by atoms with Gasteiger partial charge in [0.2, 0.25) is 0 Å². The molecule has 7 heteroatoms. The number of nitriles is 1. The topological polar surface area (TPSA) is 74.9 Å². The number of carbonyl (C=O) groups is 1. The molecule has 1 heterocycles. The molecule has 0 aliphatic carbocycles. The Kier molecular flexibility index (Phi) is 8.21. The van der Waals surface area contributed by atoms with Gasteiger partial charge in [-0.05, 0) is 66.1 Å². The largest absolute Gasteiger partial charge is 0.493 e. The second kappa shape index (κ2) is 11.9. The molecule has 3 aromatic rings. The van der Waals surface area contributed by atoms with Gasteiger partial charge in [-0.3, -0.25) is 9.69 Å². The normalized spacial score (nSPS) is 15.4. The van der Waals surface area contributed by atoms with Crippen molar-refractivity contribution in [1.82, 2.24) is 4.90 Å². The number of hydrogen-bond donors (Lipinski definition) is 0. The Bertz CT molecular complexity index is 1270. The predicted molar refractivity (Wildman–Crippen MR) is 140 cm³/mol. The lowest BCUT2D eigenvalue weighted by molar-refractivity contribution is -0.122. The summed E-state index contributed by atoms with van der Waals surface area (Å²) in [5.74, 6) is 0.917. The SMILES string of the molecule is COc1cc(/C=C2\SC(=Nc3ccccc3)N(CCCc3ccccc3)C2=O)ccc1OCC#N. The Morgan fingerprint density at radius 3 is 2.49 bits per heavy atom. The van der Waals surface area contributed by atoms with E-state index in [2.05, 4.69) is 12.1 Å². The van der Waals surface area contributed by atoms with E-state index in [0.717, 1.165) is 24.1 Å². The molecule has 0 unspecified atom stereocenters. The molecule has 0 N–H and O–H groups in total. The molecular formula is C28H25N3O3S. The summed E-state index contributed by atoms with van der Waals surface area (Å²) in [6, 6.07) is 27.2. The van der Waals surface area contributed by atoms with Crippen LogP contribution in [0.5, 0.6) is 11.5 Å². The molecule has 176 valence electrons. The number of hydrogen-bond acceptors (Lipinski definition) is 6. The highest BCUT2D eigenvalue weighted by molar-refractivity contribution is 8.18. The number of amidine groups is 1. The molecular weight excluding hydrogens is 458 g/mol. The summed E-state index contributed by atoms with van der Waals surface area (Å²) in [5, 5.41) is 9.43. The van der Waals surface area contributed by atoms with E-state index in [4.69, 9.17) is 19.7 Å². The molecule has 0 bridgehead atoms. The first-order valence-corrected chi connectivity index (χ1v) is 12.1. The van der Waals surface area contributed by atoms with Gasteiger partial charge in [-0.2, -0.15) is 5.26 Å². The molecule has 6 nitrogen and oxygen atoms in total. The third kappa shape index (κ3) is 6.31. The maximum Gasteiger partial charge on any atom is 0.266 e. The van der Waals surface area contributed by atoms with Gasteiger partial charge in [0.15, 0.2) is 23.3 Å². The lowest BCUT2D eigenvalue weighted by atomic mass is 10.1. The zero-order valence-corrected chi connectivity index (χ0v) is 20.2. The number of benzene rings is 3. The molecule has 35 heavy (non-hydrogen) atoms. The van der Waals surface area contributed by atoms with Crippen LogP contribution in [0.1, 0.15) is 17.5 Å². The quantitative estimate of drug-likeness (QED) is 0.358. The summed E-state index contributed by atoms with van der Waals surface area (Å²) in [7, 11) is 1.54. The van der Waals surface area contributed by atoms with Gasteiger partial charge in [0, 0.05) is 6.54 Å². The fourth-order valence-electron chi connectivity index (χ4n) is 3.64. The van der Waals surface area contributed by atoms with Gasteiger partial charge in [-0.1, -0.05) is 54.6 Å². The fraction of sp³-hybridized carbons (Fsp3) is 0.179. The van der Waals surface area contributed by atoms with E-state index in [9.17, 15) is 4.79 Å². The van der Waals surface area contributed by atoms with Crippen molar-refractivity contribution >= 4 is 34.6 Å². The van der Waals surface area contributed by atoms with E-state index in [-0.39, 0.29) is 12.5 Å². The maximum atomic E-state index is 13.4. The zero-order chi connectivity index (χ0) is 24.5. The van der Waals surface area contributed by atoms with Gasteiger partial charge in [0.25, 0.3) is 5.91 Å². The molecule has 1 amide bonds. The number of aryl methyl sites for hydroxylation is 1. The van der Waals surface area contributed by atoms with Crippen molar-refractivity contribution in [1.29, 1.82) is 5.26 Å². The predicted octanol–water partition coefficient (Wildman–Crippen LogP) is 5.83. The van der Waals surface area contributed by atoms with Gasteiger partial charge in [-0.15, -0.1) is 0 Å². The van der Waals surface area contributed by atoms with E-state index in [1.54, 1.807) is 24.1 Å². The molecule has 1 saturated heterocycles. The number of para-hydroxylation sites is 1. The molecule has 0 spiro atoms. The first kappa shape index (κ1) is 24.1. The second-order valence-electron chi connectivity index (χ2n) is 7.74. The number of carbonyl (C=O) groups excluding carboxylic acids is 1. The van der Waals surface area contributed by atoms with Crippen molar-refractivity contribution in [3.05, 3.63) is 94.9 Å². The van der Waals surface area contributed by atoms with Crippen LogP contribution in [0.15, 0.2) is 88.8 Å². The highest BCUT2D eigenvalue weighted by atomic mass is 32.2. The van der Waals surface area contributed by atoms with Crippen molar-refractivity contribution in [2.24, 2.45) is 4.99 Å². The number of amides is 1. The van der Waals surface area contributed by atoms with Gasteiger partial charge in [0.1, 0.15) is 6.07 Å². The highest BCUT2D eigenvalue weighted by Crippen LogP contribution is 2.36. The number of rotatable bonds is 9. The molecule has 1 aliphatic heterocycles. The molecule has 0 saturated carbocycles. The molecule has 0 atom stereocenters. The summed E-state index contributed by atoms with van der Waals surface area (Å²) >= 11 is 1.37. The molecule has 0 aromatic heterocycles. The monoisotopic (exact) mass is 483 g/mol. The van der Waals surface area contributed by atoms with E-state index >= 15 is 0 Å².